The summed E-state index contributed by atoms with van der Waals surface area (Å²) in [6.45, 7) is 1.51. The van der Waals surface area contributed by atoms with E-state index in [1.807, 2.05) is 0 Å². The lowest BCUT2D eigenvalue weighted by molar-refractivity contribution is 0.0556. The molecule has 7 heteroatoms. The first-order valence-corrected chi connectivity index (χ1v) is 8.59. The molecule has 0 aromatic carbocycles. The second kappa shape index (κ2) is 4.89. The van der Waals surface area contributed by atoms with E-state index in [1.54, 1.807) is 17.0 Å². The monoisotopic (exact) mass is 298 g/mol. The second-order valence-corrected chi connectivity index (χ2v) is 7.59. The Labute approximate surface area is 118 Å². The maximum atomic E-state index is 12.4. The van der Waals surface area contributed by atoms with Gasteiger partial charge >= 0.3 is 0 Å². The minimum atomic E-state index is -3.21. The first kappa shape index (κ1) is 13.6. The Hall–Kier alpha value is -1.34. The molecule has 0 N–H and O–H groups in total. The fourth-order valence-electron chi connectivity index (χ4n) is 3.10. The maximum absolute atomic E-state index is 12.4. The Balaban J connectivity index is 1.84. The Kier molecular flexibility index (Phi) is 3.33. The van der Waals surface area contributed by atoms with Crippen LogP contribution >= 0.6 is 0 Å². The maximum Gasteiger partial charge on any atom is 0.289 e. The second-order valence-electron chi connectivity index (χ2n) is 5.61. The average Bonchev–Trinajstić information content (AvgIpc) is 2.76. The van der Waals surface area contributed by atoms with Crippen LogP contribution < -0.4 is 0 Å². The zero-order chi connectivity index (χ0) is 14.3. The number of hydrogen-bond donors (Lipinski definition) is 0. The van der Waals surface area contributed by atoms with E-state index in [1.165, 1.54) is 16.8 Å². The molecule has 0 unspecified atom stereocenters. The van der Waals surface area contributed by atoms with Gasteiger partial charge in [-0.05, 0) is 30.9 Å². The minimum absolute atomic E-state index is 0.0546. The fourth-order valence-corrected chi connectivity index (χ4v) is 4.02. The van der Waals surface area contributed by atoms with E-state index in [-0.39, 0.29) is 17.9 Å². The standard InChI is InChI=1S/C13H18N2O4S/c1-20(17,18)14-7-10-4-5-11(9-14)15(8-10)13(16)12-3-2-6-19-12/h2-3,6,10-11H,4-5,7-9H2,1H3/t10-,11+/m1/s1. The number of rotatable bonds is 2. The molecule has 1 aromatic rings. The predicted octanol–water partition coefficient (Wildman–Crippen LogP) is 0.776. The van der Waals surface area contributed by atoms with Crippen LogP contribution in [0.1, 0.15) is 23.4 Å². The highest BCUT2D eigenvalue weighted by Gasteiger charge is 2.40. The first-order chi connectivity index (χ1) is 9.45. The quantitative estimate of drug-likeness (QED) is 0.809. The molecule has 3 saturated heterocycles. The molecule has 6 nitrogen and oxygen atoms in total. The molecule has 0 radical (unpaired) electrons. The largest absolute Gasteiger partial charge is 0.459 e. The highest BCUT2D eigenvalue weighted by Crippen LogP contribution is 2.30. The van der Waals surface area contributed by atoms with Crippen molar-refractivity contribution in [3.63, 3.8) is 0 Å². The number of sulfonamides is 1. The van der Waals surface area contributed by atoms with Gasteiger partial charge in [-0.15, -0.1) is 0 Å². The molecule has 0 spiro atoms. The van der Waals surface area contributed by atoms with E-state index in [9.17, 15) is 13.2 Å². The topological polar surface area (TPSA) is 70.8 Å². The van der Waals surface area contributed by atoms with Gasteiger partial charge in [-0.1, -0.05) is 0 Å². The van der Waals surface area contributed by atoms with Crippen LogP contribution in [0.15, 0.2) is 22.8 Å². The summed E-state index contributed by atoms with van der Waals surface area (Å²) in [5, 5.41) is 0. The summed E-state index contributed by atoms with van der Waals surface area (Å²) in [6.07, 6.45) is 4.53. The zero-order valence-corrected chi connectivity index (χ0v) is 12.2. The van der Waals surface area contributed by atoms with Crippen molar-refractivity contribution in [1.82, 2.24) is 9.21 Å². The van der Waals surface area contributed by atoms with Gasteiger partial charge in [0.2, 0.25) is 10.0 Å². The third-order valence-corrected chi connectivity index (χ3v) is 5.38. The van der Waals surface area contributed by atoms with E-state index < -0.39 is 10.0 Å². The normalized spacial score (nSPS) is 27.6. The van der Waals surface area contributed by atoms with Crippen LogP contribution in [-0.4, -0.2) is 55.5 Å². The summed E-state index contributed by atoms with van der Waals surface area (Å²) in [7, 11) is -3.21. The molecule has 0 saturated carbocycles. The van der Waals surface area contributed by atoms with Crippen LogP contribution in [0.4, 0.5) is 0 Å². The molecule has 2 atom stereocenters. The van der Waals surface area contributed by atoms with Crippen molar-refractivity contribution in [3.8, 4) is 0 Å². The molecule has 1 amide bonds. The number of amides is 1. The van der Waals surface area contributed by atoms with Crippen LogP contribution in [0, 0.1) is 5.92 Å². The van der Waals surface area contributed by atoms with Gasteiger partial charge in [0, 0.05) is 25.7 Å². The summed E-state index contributed by atoms with van der Waals surface area (Å²) in [6, 6.07) is 3.28. The molecule has 4 rings (SSSR count). The van der Waals surface area contributed by atoms with Crippen molar-refractivity contribution in [2.75, 3.05) is 25.9 Å². The van der Waals surface area contributed by atoms with E-state index in [0.717, 1.165) is 12.8 Å². The van der Waals surface area contributed by atoms with Crippen molar-refractivity contribution in [3.05, 3.63) is 24.2 Å². The number of piperidine rings is 1. The fraction of sp³-hybridized carbons (Fsp3) is 0.615. The van der Waals surface area contributed by atoms with Gasteiger partial charge in [0.15, 0.2) is 5.76 Å². The van der Waals surface area contributed by atoms with Crippen LogP contribution in [0.3, 0.4) is 0 Å². The number of hydrogen-bond acceptors (Lipinski definition) is 4. The van der Waals surface area contributed by atoms with E-state index >= 15 is 0 Å². The number of carbonyl (C=O) groups is 1. The number of furan rings is 1. The average molecular weight is 298 g/mol. The van der Waals surface area contributed by atoms with Gasteiger partial charge < -0.3 is 9.32 Å². The van der Waals surface area contributed by atoms with Crippen molar-refractivity contribution >= 4 is 15.9 Å². The summed E-state index contributed by atoms with van der Waals surface area (Å²) < 4.78 is 30.2. The highest BCUT2D eigenvalue weighted by molar-refractivity contribution is 7.88. The van der Waals surface area contributed by atoms with Crippen molar-refractivity contribution in [1.29, 1.82) is 0 Å². The molecule has 2 bridgehead atoms. The summed E-state index contributed by atoms with van der Waals surface area (Å²) in [4.78, 5) is 14.2. The lowest BCUT2D eigenvalue weighted by atomic mass is 9.95. The minimum Gasteiger partial charge on any atom is -0.459 e. The van der Waals surface area contributed by atoms with Crippen molar-refractivity contribution in [2.45, 2.75) is 18.9 Å². The molecule has 3 aliphatic heterocycles. The van der Waals surface area contributed by atoms with E-state index in [0.29, 0.717) is 25.4 Å². The third-order valence-electron chi connectivity index (χ3n) is 4.14. The van der Waals surface area contributed by atoms with Gasteiger partial charge in [0.1, 0.15) is 0 Å². The molecule has 1 aromatic heterocycles. The molecule has 3 aliphatic rings. The molecule has 110 valence electrons. The third kappa shape index (κ3) is 2.47. The summed E-state index contributed by atoms with van der Waals surface area (Å²) in [5.41, 5.74) is 0. The van der Waals surface area contributed by atoms with Crippen LogP contribution in [0.25, 0.3) is 0 Å². The van der Waals surface area contributed by atoms with Crippen LogP contribution in [0.5, 0.6) is 0 Å². The summed E-state index contributed by atoms with van der Waals surface area (Å²) in [5.74, 6) is 0.394. The lowest BCUT2D eigenvalue weighted by Gasteiger charge is -2.35. The van der Waals surface area contributed by atoms with E-state index in [2.05, 4.69) is 0 Å². The molecule has 3 fully saturated rings. The van der Waals surface area contributed by atoms with Crippen LogP contribution in [-0.2, 0) is 10.0 Å². The lowest BCUT2D eigenvalue weighted by Crippen LogP contribution is -2.47. The van der Waals surface area contributed by atoms with Crippen molar-refractivity contribution < 1.29 is 17.6 Å². The Morgan fingerprint density at radius 2 is 2.10 bits per heavy atom. The highest BCUT2D eigenvalue weighted by atomic mass is 32.2. The Morgan fingerprint density at radius 1 is 1.30 bits per heavy atom. The number of nitrogens with zero attached hydrogens (tertiary/aromatic N) is 2. The molecule has 20 heavy (non-hydrogen) atoms. The van der Waals surface area contributed by atoms with Crippen molar-refractivity contribution in [2.24, 2.45) is 5.92 Å². The Bertz CT molecular complexity index is 596. The Morgan fingerprint density at radius 3 is 2.75 bits per heavy atom. The summed E-state index contributed by atoms with van der Waals surface area (Å²) >= 11 is 0. The molecule has 4 heterocycles. The van der Waals surface area contributed by atoms with Gasteiger partial charge in [-0.3, -0.25) is 4.79 Å². The molecular formula is C13H18N2O4S. The molecule has 0 aliphatic carbocycles. The smallest absolute Gasteiger partial charge is 0.289 e. The van der Waals surface area contributed by atoms with Gasteiger partial charge in [0.05, 0.1) is 12.5 Å². The molecular weight excluding hydrogens is 280 g/mol. The number of fused-ring (bicyclic) bond motifs is 4. The van der Waals surface area contributed by atoms with Crippen LogP contribution in [0.2, 0.25) is 0 Å². The predicted molar refractivity (Wildman–Crippen MR) is 72.7 cm³/mol. The SMILES string of the molecule is CS(=O)(=O)N1C[C@H]2CC[C@@H](C1)N(C(=O)c1ccco1)C2. The first-order valence-electron chi connectivity index (χ1n) is 6.75. The van der Waals surface area contributed by atoms with Gasteiger partial charge in [-0.25, -0.2) is 8.42 Å². The van der Waals surface area contributed by atoms with E-state index in [4.69, 9.17) is 4.42 Å². The van der Waals surface area contributed by atoms with Gasteiger partial charge in [-0.2, -0.15) is 4.31 Å². The zero-order valence-electron chi connectivity index (χ0n) is 11.4. The number of carbonyl (C=O) groups excluding carboxylic acids is 1. The van der Waals surface area contributed by atoms with Gasteiger partial charge in [0.25, 0.3) is 5.91 Å².